The predicted molar refractivity (Wildman–Crippen MR) is 69.6 cm³/mol. The number of carbonyl (C=O) groups is 1. The van der Waals surface area contributed by atoms with Crippen molar-refractivity contribution in [2.24, 2.45) is 5.92 Å². The minimum absolute atomic E-state index is 0.00123. The molecule has 0 aromatic carbocycles. The molecule has 1 aliphatic heterocycles. The summed E-state index contributed by atoms with van der Waals surface area (Å²) >= 11 is 0. The molecule has 0 bridgehead atoms. The molecule has 1 amide bonds. The average Bonchev–Trinajstić information content (AvgIpc) is 2.98. The first kappa shape index (κ1) is 13.9. The molecule has 1 saturated heterocycles. The third-order valence-electron chi connectivity index (χ3n) is 3.16. The van der Waals surface area contributed by atoms with Crippen LogP contribution in [0.4, 0.5) is 4.79 Å². The Morgan fingerprint density at radius 3 is 2.89 bits per heavy atom. The van der Waals surface area contributed by atoms with Crippen molar-refractivity contribution < 1.29 is 19.1 Å². The molecule has 0 spiro atoms. The number of hydrogen-bond acceptors (Lipinski definition) is 4. The van der Waals surface area contributed by atoms with E-state index in [4.69, 9.17) is 9.15 Å². The van der Waals surface area contributed by atoms with Crippen molar-refractivity contribution in [1.82, 2.24) is 4.90 Å². The third kappa shape index (κ3) is 3.50. The number of carbonyl (C=O) groups excluding carboxylic acids is 1. The molecule has 0 radical (unpaired) electrons. The van der Waals surface area contributed by atoms with E-state index in [1.807, 2.05) is 20.8 Å². The molecule has 0 saturated carbocycles. The number of ether oxygens (including phenoxy) is 1. The zero-order chi connectivity index (χ0) is 14.0. The Labute approximate surface area is 113 Å². The summed E-state index contributed by atoms with van der Waals surface area (Å²) in [5.74, 6) is 0.551. The highest BCUT2D eigenvalue weighted by molar-refractivity contribution is 5.68. The molecule has 1 fully saturated rings. The standard InChI is InChI=1S/C14H21NO4/c1-14(2,3)19-13(17)15-7-6-10(9-15)12(16)11-5-4-8-18-11/h4-5,8,10,12,16H,6-7,9H2,1-3H3/t10-,12+/m0/s1. The van der Waals surface area contributed by atoms with Crippen molar-refractivity contribution in [2.45, 2.75) is 38.9 Å². The van der Waals surface area contributed by atoms with Gasteiger partial charge in [0.15, 0.2) is 0 Å². The summed E-state index contributed by atoms with van der Waals surface area (Å²) in [6.07, 6.45) is 1.31. The summed E-state index contributed by atoms with van der Waals surface area (Å²) in [5, 5.41) is 10.2. The van der Waals surface area contributed by atoms with E-state index in [1.165, 1.54) is 0 Å². The Morgan fingerprint density at radius 1 is 1.58 bits per heavy atom. The van der Waals surface area contributed by atoms with Crippen LogP contribution < -0.4 is 0 Å². The van der Waals surface area contributed by atoms with Crippen molar-refractivity contribution >= 4 is 6.09 Å². The Bertz CT molecular complexity index is 421. The van der Waals surface area contributed by atoms with Crippen molar-refractivity contribution in [2.75, 3.05) is 13.1 Å². The van der Waals surface area contributed by atoms with Crippen LogP contribution in [-0.4, -0.2) is 34.8 Å². The topological polar surface area (TPSA) is 62.9 Å². The summed E-state index contributed by atoms with van der Waals surface area (Å²) in [4.78, 5) is 13.6. The molecule has 1 aromatic heterocycles. The number of rotatable bonds is 2. The second-order valence-electron chi connectivity index (χ2n) is 5.94. The van der Waals surface area contributed by atoms with E-state index in [9.17, 15) is 9.90 Å². The number of likely N-dealkylation sites (tertiary alicyclic amines) is 1. The lowest BCUT2D eigenvalue weighted by atomic mass is 10.00. The maximum Gasteiger partial charge on any atom is 0.410 e. The number of hydrogen-bond donors (Lipinski definition) is 1. The van der Waals surface area contributed by atoms with Crippen molar-refractivity contribution in [1.29, 1.82) is 0 Å². The van der Waals surface area contributed by atoms with Gasteiger partial charge in [0.1, 0.15) is 17.5 Å². The Kier molecular flexibility index (Phi) is 3.85. The second kappa shape index (κ2) is 5.25. The molecular formula is C14H21NO4. The molecule has 19 heavy (non-hydrogen) atoms. The molecule has 1 N–H and O–H groups in total. The zero-order valence-electron chi connectivity index (χ0n) is 11.6. The normalized spacial score (nSPS) is 21.5. The molecular weight excluding hydrogens is 246 g/mol. The van der Waals surface area contributed by atoms with Crippen LogP contribution in [0.3, 0.4) is 0 Å². The molecule has 106 valence electrons. The Balaban J connectivity index is 1.91. The van der Waals surface area contributed by atoms with Crippen LogP contribution in [-0.2, 0) is 4.74 Å². The molecule has 2 heterocycles. The fourth-order valence-electron chi connectivity index (χ4n) is 2.23. The maximum atomic E-state index is 11.9. The van der Waals surface area contributed by atoms with Crippen LogP contribution in [0.5, 0.6) is 0 Å². The largest absolute Gasteiger partial charge is 0.467 e. The second-order valence-corrected chi connectivity index (χ2v) is 5.94. The lowest BCUT2D eigenvalue weighted by Crippen LogP contribution is -2.35. The molecule has 1 aromatic rings. The fraction of sp³-hybridized carbons (Fsp3) is 0.643. The first-order chi connectivity index (χ1) is 8.87. The van der Waals surface area contributed by atoms with E-state index in [2.05, 4.69) is 0 Å². The monoisotopic (exact) mass is 267 g/mol. The van der Waals surface area contributed by atoms with Gasteiger partial charge < -0.3 is 19.2 Å². The van der Waals surface area contributed by atoms with Gasteiger partial charge in [-0.15, -0.1) is 0 Å². The van der Waals surface area contributed by atoms with Crippen LogP contribution >= 0.6 is 0 Å². The smallest absolute Gasteiger partial charge is 0.410 e. The van der Waals surface area contributed by atoms with Gasteiger partial charge in [0.05, 0.1) is 6.26 Å². The van der Waals surface area contributed by atoms with Gasteiger partial charge in [0, 0.05) is 19.0 Å². The number of nitrogens with zero attached hydrogens (tertiary/aromatic N) is 1. The summed E-state index contributed by atoms with van der Waals surface area (Å²) in [6.45, 7) is 6.64. The zero-order valence-corrected chi connectivity index (χ0v) is 11.6. The van der Waals surface area contributed by atoms with Gasteiger partial charge in [-0.2, -0.15) is 0 Å². The summed E-state index contributed by atoms with van der Waals surface area (Å²) in [5.41, 5.74) is -0.491. The molecule has 5 nitrogen and oxygen atoms in total. The van der Waals surface area contributed by atoms with Gasteiger partial charge in [0.2, 0.25) is 0 Å². The maximum absolute atomic E-state index is 11.9. The first-order valence-electron chi connectivity index (χ1n) is 6.56. The molecule has 2 rings (SSSR count). The van der Waals surface area contributed by atoms with Crippen LogP contribution in [0.25, 0.3) is 0 Å². The van der Waals surface area contributed by atoms with Crippen LogP contribution in [0.1, 0.15) is 39.1 Å². The highest BCUT2D eigenvalue weighted by atomic mass is 16.6. The van der Waals surface area contributed by atoms with Gasteiger partial charge in [-0.25, -0.2) is 4.79 Å². The van der Waals surface area contributed by atoms with E-state index in [1.54, 1.807) is 23.3 Å². The van der Waals surface area contributed by atoms with E-state index >= 15 is 0 Å². The summed E-state index contributed by atoms with van der Waals surface area (Å²) < 4.78 is 10.5. The van der Waals surface area contributed by atoms with E-state index < -0.39 is 11.7 Å². The van der Waals surface area contributed by atoms with Crippen molar-refractivity contribution in [3.8, 4) is 0 Å². The minimum Gasteiger partial charge on any atom is -0.467 e. The number of amides is 1. The minimum atomic E-state index is -0.664. The molecule has 5 heteroatoms. The number of aliphatic hydroxyl groups is 1. The summed E-state index contributed by atoms with van der Waals surface area (Å²) in [7, 11) is 0. The number of aliphatic hydroxyl groups excluding tert-OH is 1. The SMILES string of the molecule is CC(C)(C)OC(=O)N1CC[C@H]([C@@H](O)c2ccco2)C1. The molecule has 1 aliphatic rings. The van der Waals surface area contributed by atoms with E-state index in [0.29, 0.717) is 18.8 Å². The van der Waals surface area contributed by atoms with Gasteiger partial charge >= 0.3 is 6.09 Å². The van der Waals surface area contributed by atoms with Crippen molar-refractivity contribution in [3.63, 3.8) is 0 Å². The summed E-state index contributed by atoms with van der Waals surface area (Å²) in [6, 6.07) is 3.50. The number of furan rings is 1. The predicted octanol–water partition coefficient (Wildman–Crippen LogP) is 2.57. The lowest BCUT2D eigenvalue weighted by Gasteiger charge is -2.24. The Morgan fingerprint density at radius 2 is 2.32 bits per heavy atom. The third-order valence-corrected chi connectivity index (χ3v) is 3.16. The van der Waals surface area contributed by atoms with Crippen LogP contribution in [0.15, 0.2) is 22.8 Å². The average molecular weight is 267 g/mol. The fourth-order valence-corrected chi connectivity index (χ4v) is 2.23. The lowest BCUT2D eigenvalue weighted by molar-refractivity contribution is 0.0260. The first-order valence-corrected chi connectivity index (χ1v) is 6.56. The quantitative estimate of drug-likeness (QED) is 0.894. The highest BCUT2D eigenvalue weighted by Gasteiger charge is 2.34. The van der Waals surface area contributed by atoms with Crippen molar-refractivity contribution in [3.05, 3.63) is 24.2 Å². The van der Waals surface area contributed by atoms with E-state index in [-0.39, 0.29) is 12.0 Å². The van der Waals surface area contributed by atoms with Crippen LogP contribution in [0, 0.1) is 5.92 Å². The van der Waals surface area contributed by atoms with Gasteiger partial charge in [-0.1, -0.05) is 0 Å². The van der Waals surface area contributed by atoms with E-state index in [0.717, 1.165) is 6.42 Å². The molecule has 2 atom stereocenters. The Hall–Kier alpha value is -1.49. The van der Waals surface area contributed by atoms with Gasteiger partial charge in [0.25, 0.3) is 0 Å². The molecule has 0 unspecified atom stereocenters. The van der Waals surface area contributed by atoms with Gasteiger partial charge in [-0.05, 0) is 39.3 Å². The highest BCUT2D eigenvalue weighted by Crippen LogP contribution is 2.30. The van der Waals surface area contributed by atoms with Gasteiger partial charge in [-0.3, -0.25) is 0 Å². The van der Waals surface area contributed by atoms with Crippen LogP contribution in [0.2, 0.25) is 0 Å². The molecule has 0 aliphatic carbocycles.